The lowest BCUT2D eigenvalue weighted by atomic mass is 9.92. The van der Waals surface area contributed by atoms with Crippen LogP contribution in [0.1, 0.15) is 34.8 Å². The summed E-state index contributed by atoms with van der Waals surface area (Å²) in [6.45, 7) is 2.15. The number of aryl methyl sites for hydroxylation is 1. The van der Waals surface area contributed by atoms with E-state index in [1.54, 1.807) is 7.11 Å². The van der Waals surface area contributed by atoms with Crippen molar-refractivity contribution in [2.75, 3.05) is 7.11 Å². The van der Waals surface area contributed by atoms with Gasteiger partial charge in [-0.2, -0.15) is 0 Å². The van der Waals surface area contributed by atoms with Gasteiger partial charge < -0.3 is 4.74 Å². The molecule has 84 valence electrons. The van der Waals surface area contributed by atoms with Gasteiger partial charge in [0.15, 0.2) is 5.78 Å². The molecule has 0 heterocycles. The summed E-state index contributed by atoms with van der Waals surface area (Å²) >= 11 is 0. The lowest BCUT2D eigenvalue weighted by molar-refractivity contribution is 0.0717. The number of Topliss-reactive ketones (excluding diaryl/α,β-unsaturated/α-hetero) is 1. The summed E-state index contributed by atoms with van der Waals surface area (Å²) in [6.07, 6.45) is 5.56. The van der Waals surface area contributed by atoms with E-state index in [0.29, 0.717) is 0 Å². The van der Waals surface area contributed by atoms with Crippen LogP contribution in [0.5, 0.6) is 0 Å². The van der Waals surface area contributed by atoms with Crippen molar-refractivity contribution in [3.63, 3.8) is 0 Å². The number of hydrogen-bond donors (Lipinski definition) is 0. The minimum Gasteiger partial charge on any atom is -0.369 e. The average Bonchev–Trinajstić information content (AvgIpc) is 2.30. The molecule has 2 rings (SSSR count). The van der Waals surface area contributed by atoms with E-state index in [9.17, 15) is 4.79 Å². The molecule has 1 atom stereocenters. The number of rotatable bonds is 3. The van der Waals surface area contributed by atoms with Crippen LogP contribution >= 0.6 is 0 Å². The van der Waals surface area contributed by atoms with Gasteiger partial charge in [0.05, 0.1) is 0 Å². The Balaban J connectivity index is 2.36. The Morgan fingerprint density at radius 3 is 2.88 bits per heavy atom. The van der Waals surface area contributed by atoms with Crippen molar-refractivity contribution in [1.29, 1.82) is 0 Å². The predicted molar refractivity (Wildman–Crippen MR) is 64.6 cm³/mol. The van der Waals surface area contributed by atoms with Gasteiger partial charge in [0.1, 0.15) is 6.10 Å². The molecule has 0 radical (unpaired) electrons. The third kappa shape index (κ3) is 1.93. The van der Waals surface area contributed by atoms with Gasteiger partial charge in [-0.05, 0) is 23.6 Å². The summed E-state index contributed by atoms with van der Waals surface area (Å²) in [4.78, 5) is 11.9. The molecule has 0 saturated carbocycles. The standard InChI is InChI=1S/C14H16O2/c1-3-4-10-5-7-12-11(9-10)6-8-13(16-2)14(12)15/h5-9,13H,3-4H2,1-2H3/t13-/m1/s1. The minimum atomic E-state index is -0.412. The van der Waals surface area contributed by atoms with Crippen LogP contribution in [0.4, 0.5) is 0 Å². The first-order valence-corrected chi connectivity index (χ1v) is 5.64. The van der Waals surface area contributed by atoms with Crippen LogP contribution in [0.3, 0.4) is 0 Å². The van der Waals surface area contributed by atoms with Gasteiger partial charge in [-0.25, -0.2) is 0 Å². The van der Waals surface area contributed by atoms with Crippen molar-refractivity contribution in [2.45, 2.75) is 25.9 Å². The fourth-order valence-electron chi connectivity index (χ4n) is 2.04. The zero-order valence-corrected chi connectivity index (χ0v) is 9.69. The molecule has 0 aliphatic heterocycles. The average molecular weight is 216 g/mol. The Kier molecular flexibility index (Phi) is 3.20. The summed E-state index contributed by atoms with van der Waals surface area (Å²) in [6, 6.07) is 6.05. The van der Waals surface area contributed by atoms with E-state index in [1.165, 1.54) is 5.56 Å². The van der Waals surface area contributed by atoms with E-state index in [0.717, 1.165) is 24.0 Å². The van der Waals surface area contributed by atoms with Crippen molar-refractivity contribution >= 4 is 11.9 Å². The first kappa shape index (κ1) is 11.1. The fourth-order valence-corrected chi connectivity index (χ4v) is 2.04. The Morgan fingerprint density at radius 1 is 1.38 bits per heavy atom. The van der Waals surface area contributed by atoms with Gasteiger partial charge in [0, 0.05) is 12.7 Å². The lowest BCUT2D eigenvalue weighted by Gasteiger charge is -2.17. The van der Waals surface area contributed by atoms with Gasteiger partial charge in [-0.3, -0.25) is 4.79 Å². The van der Waals surface area contributed by atoms with Crippen LogP contribution in [0.25, 0.3) is 6.08 Å². The molecule has 1 aromatic carbocycles. The third-order valence-corrected chi connectivity index (χ3v) is 2.88. The summed E-state index contributed by atoms with van der Waals surface area (Å²) in [7, 11) is 1.56. The molecular weight excluding hydrogens is 200 g/mol. The van der Waals surface area contributed by atoms with E-state index < -0.39 is 6.10 Å². The van der Waals surface area contributed by atoms with Gasteiger partial charge in [0.2, 0.25) is 0 Å². The van der Waals surface area contributed by atoms with E-state index in [4.69, 9.17) is 4.74 Å². The van der Waals surface area contributed by atoms with Crippen molar-refractivity contribution < 1.29 is 9.53 Å². The number of ether oxygens (including phenoxy) is 1. The Bertz CT molecular complexity index is 432. The third-order valence-electron chi connectivity index (χ3n) is 2.88. The maximum atomic E-state index is 11.9. The number of carbonyl (C=O) groups is 1. The van der Waals surface area contributed by atoms with Crippen molar-refractivity contribution in [1.82, 2.24) is 0 Å². The zero-order valence-electron chi connectivity index (χ0n) is 9.69. The monoisotopic (exact) mass is 216 g/mol. The van der Waals surface area contributed by atoms with Gasteiger partial charge in [-0.1, -0.05) is 37.6 Å². The second-order valence-electron chi connectivity index (χ2n) is 4.05. The Hall–Kier alpha value is -1.41. The normalized spacial score (nSPS) is 18.6. The van der Waals surface area contributed by atoms with Crippen LogP contribution in [0.2, 0.25) is 0 Å². The van der Waals surface area contributed by atoms with E-state index in [2.05, 4.69) is 13.0 Å². The molecule has 0 saturated heterocycles. The number of carbonyl (C=O) groups excluding carboxylic acids is 1. The molecule has 0 amide bonds. The van der Waals surface area contributed by atoms with Crippen molar-refractivity contribution in [2.24, 2.45) is 0 Å². The topological polar surface area (TPSA) is 26.3 Å². The summed E-state index contributed by atoms with van der Waals surface area (Å²) in [5.74, 6) is 0.0584. The molecule has 1 aromatic rings. The van der Waals surface area contributed by atoms with Crippen LogP contribution in [0, 0.1) is 0 Å². The van der Waals surface area contributed by atoms with Crippen LogP contribution < -0.4 is 0 Å². The highest BCUT2D eigenvalue weighted by atomic mass is 16.5. The molecule has 2 heteroatoms. The van der Waals surface area contributed by atoms with Gasteiger partial charge in [-0.15, -0.1) is 0 Å². The Labute approximate surface area is 95.9 Å². The van der Waals surface area contributed by atoms with Crippen LogP contribution in [-0.4, -0.2) is 19.0 Å². The largest absolute Gasteiger partial charge is 0.369 e. The summed E-state index contributed by atoms with van der Waals surface area (Å²) in [5.41, 5.74) is 3.08. The molecule has 0 unspecified atom stereocenters. The number of hydrogen-bond acceptors (Lipinski definition) is 2. The second-order valence-corrected chi connectivity index (χ2v) is 4.05. The van der Waals surface area contributed by atoms with Crippen LogP contribution in [0.15, 0.2) is 24.3 Å². The zero-order chi connectivity index (χ0) is 11.5. The van der Waals surface area contributed by atoms with Gasteiger partial charge in [0.25, 0.3) is 0 Å². The number of methoxy groups -OCH3 is 1. The first-order chi connectivity index (χ1) is 7.76. The SMILES string of the molecule is CCCc1ccc2c(c1)C=C[C@@H](OC)C2=O. The number of ketones is 1. The highest BCUT2D eigenvalue weighted by Crippen LogP contribution is 2.22. The highest BCUT2D eigenvalue weighted by Gasteiger charge is 2.22. The molecule has 1 aliphatic carbocycles. The van der Waals surface area contributed by atoms with E-state index in [-0.39, 0.29) is 5.78 Å². The molecule has 0 fully saturated rings. The molecule has 0 N–H and O–H groups in total. The maximum Gasteiger partial charge on any atom is 0.196 e. The van der Waals surface area contributed by atoms with Gasteiger partial charge >= 0.3 is 0 Å². The quantitative estimate of drug-likeness (QED) is 0.776. The molecule has 16 heavy (non-hydrogen) atoms. The molecule has 2 nitrogen and oxygen atoms in total. The van der Waals surface area contributed by atoms with Crippen LogP contribution in [-0.2, 0) is 11.2 Å². The minimum absolute atomic E-state index is 0.0584. The molecular formula is C14H16O2. The lowest BCUT2D eigenvalue weighted by Crippen LogP contribution is -2.24. The number of benzene rings is 1. The molecule has 0 spiro atoms. The number of fused-ring (bicyclic) bond motifs is 1. The maximum absolute atomic E-state index is 11.9. The molecule has 1 aliphatic rings. The molecule has 0 aromatic heterocycles. The Morgan fingerprint density at radius 2 is 2.19 bits per heavy atom. The highest BCUT2D eigenvalue weighted by molar-refractivity contribution is 6.06. The summed E-state index contributed by atoms with van der Waals surface area (Å²) < 4.78 is 5.10. The fraction of sp³-hybridized carbons (Fsp3) is 0.357. The van der Waals surface area contributed by atoms with E-state index in [1.807, 2.05) is 24.3 Å². The van der Waals surface area contributed by atoms with Crippen molar-refractivity contribution in [3.05, 3.63) is 41.0 Å². The predicted octanol–water partition coefficient (Wildman–Crippen LogP) is 2.86. The smallest absolute Gasteiger partial charge is 0.196 e. The van der Waals surface area contributed by atoms with E-state index >= 15 is 0 Å². The summed E-state index contributed by atoms with van der Waals surface area (Å²) in [5, 5.41) is 0. The molecule has 0 bridgehead atoms. The first-order valence-electron chi connectivity index (χ1n) is 5.64. The second kappa shape index (κ2) is 4.62. The van der Waals surface area contributed by atoms with Crippen molar-refractivity contribution in [3.8, 4) is 0 Å².